The Labute approximate surface area is 133 Å². The molecule has 5 heteroatoms. The topological polar surface area (TPSA) is 85.9 Å². The first-order valence-corrected chi connectivity index (χ1v) is 7.04. The van der Waals surface area contributed by atoms with Gasteiger partial charge in [-0.05, 0) is 43.7 Å². The molecule has 1 N–H and O–H groups in total. The fraction of sp³-hybridized carbons (Fsp3) is 0.167. The number of nitrogens with zero attached hydrogens (tertiary/aromatic N) is 2. The molecule has 0 saturated heterocycles. The van der Waals surface area contributed by atoms with Gasteiger partial charge in [0.25, 0.3) is 0 Å². The lowest BCUT2D eigenvalue weighted by Crippen LogP contribution is -2.34. The fourth-order valence-corrected chi connectivity index (χ4v) is 2.78. The maximum atomic E-state index is 11.6. The molecule has 1 aliphatic heterocycles. The number of ether oxygens (including phenoxy) is 1. The fourth-order valence-electron chi connectivity index (χ4n) is 2.78. The van der Waals surface area contributed by atoms with Gasteiger partial charge in [0.2, 0.25) is 0 Å². The SMILES string of the molecule is CC1(C)OC(=O)Nc2ccc(-c3c(C#N)cccc3C#N)cc21. The zero-order valence-electron chi connectivity index (χ0n) is 12.7. The minimum atomic E-state index is -0.790. The molecule has 2 aromatic carbocycles. The van der Waals surface area contributed by atoms with Gasteiger partial charge in [0.1, 0.15) is 5.60 Å². The minimum absolute atomic E-state index is 0.433. The van der Waals surface area contributed by atoms with Gasteiger partial charge >= 0.3 is 6.09 Å². The number of hydrogen-bond acceptors (Lipinski definition) is 4. The van der Waals surface area contributed by atoms with Crippen LogP contribution in [0.2, 0.25) is 0 Å². The summed E-state index contributed by atoms with van der Waals surface area (Å²) < 4.78 is 5.32. The van der Waals surface area contributed by atoms with Crippen LogP contribution in [0.5, 0.6) is 0 Å². The smallest absolute Gasteiger partial charge is 0.412 e. The van der Waals surface area contributed by atoms with E-state index in [0.29, 0.717) is 22.4 Å². The Kier molecular flexibility index (Phi) is 3.28. The Bertz CT molecular complexity index is 869. The second-order valence-corrected chi connectivity index (χ2v) is 5.74. The molecule has 1 amide bonds. The maximum absolute atomic E-state index is 11.6. The van der Waals surface area contributed by atoms with Gasteiger partial charge in [-0.1, -0.05) is 12.1 Å². The van der Waals surface area contributed by atoms with Crippen LogP contribution in [0, 0.1) is 22.7 Å². The van der Waals surface area contributed by atoms with Crippen LogP contribution in [-0.4, -0.2) is 6.09 Å². The molecule has 23 heavy (non-hydrogen) atoms. The van der Waals surface area contributed by atoms with Crippen LogP contribution in [0.3, 0.4) is 0 Å². The van der Waals surface area contributed by atoms with E-state index in [1.54, 1.807) is 44.2 Å². The molecule has 0 aliphatic carbocycles. The molecule has 0 spiro atoms. The van der Waals surface area contributed by atoms with Gasteiger partial charge in [0.05, 0.1) is 29.0 Å². The van der Waals surface area contributed by atoms with Crippen molar-refractivity contribution in [3.63, 3.8) is 0 Å². The van der Waals surface area contributed by atoms with E-state index in [1.807, 2.05) is 6.07 Å². The van der Waals surface area contributed by atoms with E-state index in [1.165, 1.54) is 0 Å². The number of cyclic esters (lactones) is 1. The lowest BCUT2D eigenvalue weighted by Gasteiger charge is -2.32. The summed E-state index contributed by atoms with van der Waals surface area (Å²) in [5.41, 5.74) is 2.87. The van der Waals surface area contributed by atoms with Crippen LogP contribution in [-0.2, 0) is 10.3 Å². The number of hydrogen-bond donors (Lipinski definition) is 1. The number of amides is 1. The number of anilines is 1. The minimum Gasteiger partial charge on any atom is -0.438 e. The second kappa shape index (κ2) is 5.15. The molecule has 112 valence electrons. The Morgan fingerprint density at radius 2 is 1.74 bits per heavy atom. The lowest BCUT2D eigenvalue weighted by molar-refractivity contribution is 0.0421. The molecule has 2 aromatic rings. The highest BCUT2D eigenvalue weighted by molar-refractivity contribution is 5.90. The predicted octanol–water partition coefficient (Wildman–Crippen LogP) is 3.89. The van der Waals surface area contributed by atoms with Crippen molar-refractivity contribution in [2.75, 3.05) is 5.32 Å². The molecule has 5 nitrogen and oxygen atoms in total. The van der Waals surface area contributed by atoms with Crippen molar-refractivity contribution in [1.82, 2.24) is 0 Å². The lowest BCUT2D eigenvalue weighted by atomic mass is 9.88. The Morgan fingerprint density at radius 1 is 1.09 bits per heavy atom. The summed E-state index contributed by atoms with van der Waals surface area (Å²) in [6, 6.07) is 14.7. The monoisotopic (exact) mass is 303 g/mol. The van der Waals surface area contributed by atoms with Gasteiger partial charge < -0.3 is 4.74 Å². The zero-order chi connectivity index (χ0) is 16.6. The first kappa shape index (κ1) is 14.6. The molecule has 0 atom stereocenters. The van der Waals surface area contributed by atoms with E-state index in [2.05, 4.69) is 17.5 Å². The molecule has 0 radical (unpaired) electrons. The third kappa shape index (κ3) is 2.39. The number of fused-ring (bicyclic) bond motifs is 1. The molecule has 1 heterocycles. The quantitative estimate of drug-likeness (QED) is 0.865. The number of benzene rings is 2. The highest BCUT2D eigenvalue weighted by Gasteiger charge is 2.33. The number of carbonyl (C=O) groups is 1. The molecule has 0 saturated carbocycles. The third-order valence-corrected chi connectivity index (χ3v) is 3.85. The average molecular weight is 303 g/mol. The van der Waals surface area contributed by atoms with Crippen molar-refractivity contribution in [3.05, 3.63) is 53.1 Å². The summed E-state index contributed by atoms with van der Waals surface area (Å²) in [5, 5.41) is 21.3. The van der Waals surface area contributed by atoms with Crippen LogP contribution in [0.15, 0.2) is 36.4 Å². The van der Waals surface area contributed by atoms with Gasteiger partial charge in [-0.15, -0.1) is 0 Å². The second-order valence-electron chi connectivity index (χ2n) is 5.74. The first-order chi connectivity index (χ1) is 11.0. The third-order valence-electron chi connectivity index (χ3n) is 3.85. The van der Waals surface area contributed by atoms with Gasteiger partial charge in [-0.25, -0.2) is 4.79 Å². The van der Waals surface area contributed by atoms with Crippen LogP contribution in [0.25, 0.3) is 11.1 Å². The van der Waals surface area contributed by atoms with E-state index in [9.17, 15) is 15.3 Å². The summed E-state index contributed by atoms with van der Waals surface area (Å²) in [4.78, 5) is 11.6. The highest BCUT2D eigenvalue weighted by atomic mass is 16.6. The number of carbonyl (C=O) groups excluding carboxylic acids is 1. The van der Waals surface area contributed by atoms with E-state index in [-0.39, 0.29) is 0 Å². The molecule has 0 unspecified atom stereocenters. The van der Waals surface area contributed by atoms with Crippen molar-refractivity contribution in [2.24, 2.45) is 0 Å². The predicted molar refractivity (Wildman–Crippen MR) is 84.4 cm³/mol. The molecule has 0 fully saturated rings. The Balaban J connectivity index is 2.24. The van der Waals surface area contributed by atoms with E-state index >= 15 is 0 Å². The number of rotatable bonds is 1. The normalized spacial score (nSPS) is 14.7. The van der Waals surface area contributed by atoms with E-state index in [4.69, 9.17) is 4.74 Å². The first-order valence-electron chi connectivity index (χ1n) is 7.04. The molecule has 3 rings (SSSR count). The zero-order valence-corrected chi connectivity index (χ0v) is 12.7. The molecular weight excluding hydrogens is 290 g/mol. The summed E-state index contributed by atoms with van der Waals surface area (Å²) >= 11 is 0. The number of nitriles is 2. The summed E-state index contributed by atoms with van der Waals surface area (Å²) in [6.45, 7) is 3.60. The largest absolute Gasteiger partial charge is 0.438 e. The molecule has 1 aliphatic rings. The van der Waals surface area contributed by atoms with E-state index in [0.717, 1.165) is 11.1 Å². The Hall–Kier alpha value is -3.31. The van der Waals surface area contributed by atoms with Crippen molar-refractivity contribution >= 4 is 11.8 Å². The Morgan fingerprint density at radius 3 is 2.35 bits per heavy atom. The van der Waals surface area contributed by atoms with Crippen molar-refractivity contribution in [2.45, 2.75) is 19.4 Å². The van der Waals surface area contributed by atoms with Crippen molar-refractivity contribution in [3.8, 4) is 23.3 Å². The van der Waals surface area contributed by atoms with Crippen LogP contribution >= 0.6 is 0 Å². The molecule has 0 bridgehead atoms. The summed E-state index contributed by atoms with van der Waals surface area (Å²) in [6.07, 6.45) is -0.495. The maximum Gasteiger partial charge on any atom is 0.412 e. The van der Waals surface area contributed by atoms with Crippen molar-refractivity contribution in [1.29, 1.82) is 10.5 Å². The summed E-state index contributed by atoms with van der Waals surface area (Å²) in [5.74, 6) is 0. The summed E-state index contributed by atoms with van der Waals surface area (Å²) in [7, 11) is 0. The van der Waals surface area contributed by atoms with Gasteiger partial charge in [-0.3, -0.25) is 5.32 Å². The van der Waals surface area contributed by atoms with E-state index < -0.39 is 11.7 Å². The van der Waals surface area contributed by atoms with Gasteiger partial charge in [0.15, 0.2) is 0 Å². The average Bonchev–Trinajstić information content (AvgIpc) is 2.53. The van der Waals surface area contributed by atoms with Gasteiger partial charge in [-0.2, -0.15) is 10.5 Å². The standard InChI is InChI=1S/C18H13N3O2/c1-18(2)14-8-11(6-7-15(14)21-17(22)23-18)16-12(9-19)4-3-5-13(16)10-20/h3-8H,1-2H3,(H,21,22). The molecule has 0 aromatic heterocycles. The van der Waals surface area contributed by atoms with Crippen LogP contribution in [0.1, 0.15) is 30.5 Å². The number of nitrogens with one attached hydrogen (secondary N) is 1. The van der Waals surface area contributed by atoms with Crippen LogP contribution < -0.4 is 5.32 Å². The van der Waals surface area contributed by atoms with Gasteiger partial charge in [0, 0.05) is 11.1 Å². The molecular formula is C18H13N3O2. The van der Waals surface area contributed by atoms with Crippen molar-refractivity contribution < 1.29 is 9.53 Å². The van der Waals surface area contributed by atoms with Crippen LogP contribution in [0.4, 0.5) is 10.5 Å². The highest BCUT2D eigenvalue weighted by Crippen LogP contribution is 2.39.